The number of alkyl halides is 2. The number of rotatable bonds is 5. The predicted molar refractivity (Wildman–Crippen MR) is 64.1 cm³/mol. The summed E-state index contributed by atoms with van der Waals surface area (Å²) in [5, 5.41) is 0.273. The van der Waals surface area contributed by atoms with Crippen LogP contribution >= 0.6 is 11.6 Å². The second-order valence-electron chi connectivity index (χ2n) is 4.34. The number of nitrogens with two attached hydrogens (primary N) is 1. The van der Waals surface area contributed by atoms with Gasteiger partial charge in [0, 0.05) is 17.7 Å². The van der Waals surface area contributed by atoms with Crippen molar-refractivity contribution >= 4 is 23.1 Å². The lowest BCUT2D eigenvalue weighted by Gasteiger charge is -2.06. The molecule has 0 saturated heterocycles. The summed E-state index contributed by atoms with van der Waals surface area (Å²) in [5.74, 6) is -3.75. The first-order valence-corrected chi connectivity index (χ1v) is 5.82. The summed E-state index contributed by atoms with van der Waals surface area (Å²) in [5.41, 5.74) is 6.20. The Morgan fingerprint density at radius 1 is 1.56 bits per heavy atom. The van der Waals surface area contributed by atoms with Crippen molar-refractivity contribution in [2.75, 3.05) is 18.9 Å². The van der Waals surface area contributed by atoms with E-state index in [1.807, 2.05) is 0 Å². The number of Topliss-reactive ketones (excluding diaryl/α,β-unsaturated/α-hetero) is 1. The van der Waals surface area contributed by atoms with Crippen LogP contribution in [-0.2, 0) is 4.74 Å². The Hall–Kier alpha value is -1.20. The maximum absolute atomic E-state index is 12.6. The fourth-order valence-corrected chi connectivity index (χ4v) is 1.80. The topological polar surface area (TPSA) is 52.3 Å². The van der Waals surface area contributed by atoms with E-state index in [0.717, 1.165) is 0 Å². The molecule has 0 bridgehead atoms. The standard InChI is InChI=1S/C12H12ClF2NO2/c13-10-2-1-8(16)3-9(10)11(17)6-18-5-7-4-12(7,14)15/h1-3,7H,4-6,16H2. The Balaban J connectivity index is 1.86. The minimum Gasteiger partial charge on any atom is -0.399 e. The highest BCUT2D eigenvalue weighted by atomic mass is 35.5. The van der Waals surface area contributed by atoms with Crippen molar-refractivity contribution in [3.63, 3.8) is 0 Å². The molecule has 0 aromatic heterocycles. The molecule has 0 aliphatic heterocycles. The van der Waals surface area contributed by atoms with E-state index in [1.165, 1.54) is 12.1 Å². The number of hydrogen-bond donors (Lipinski definition) is 1. The monoisotopic (exact) mass is 275 g/mol. The first kappa shape index (κ1) is 13.2. The van der Waals surface area contributed by atoms with E-state index in [2.05, 4.69) is 0 Å². The molecule has 1 aromatic rings. The van der Waals surface area contributed by atoms with E-state index in [1.54, 1.807) is 6.07 Å². The van der Waals surface area contributed by atoms with Crippen LogP contribution in [0.15, 0.2) is 18.2 Å². The number of anilines is 1. The minimum absolute atomic E-state index is 0.112. The Morgan fingerprint density at radius 3 is 2.83 bits per heavy atom. The average Bonchev–Trinajstić information content (AvgIpc) is 2.90. The SMILES string of the molecule is Nc1ccc(Cl)c(C(=O)COCC2CC2(F)F)c1. The molecule has 2 N–H and O–H groups in total. The molecular formula is C12H12ClF2NO2. The summed E-state index contributed by atoms with van der Waals surface area (Å²) in [7, 11) is 0. The van der Waals surface area contributed by atoms with E-state index in [4.69, 9.17) is 22.1 Å². The van der Waals surface area contributed by atoms with E-state index < -0.39 is 11.8 Å². The van der Waals surface area contributed by atoms with Crippen molar-refractivity contribution in [3.05, 3.63) is 28.8 Å². The van der Waals surface area contributed by atoms with Gasteiger partial charge in [0.2, 0.25) is 0 Å². The fraction of sp³-hybridized carbons (Fsp3) is 0.417. The number of halogens is 3. The Kier molecular flexibility index (Phi) is 3.54. The molecule has 6 heteroatoms. The molecule has 0 heterocycles. The van der Waals surface area contributed by atoms with Crippen molar-refractivity contribution in [1.29, 1.82) is 0 Å². The van der Waals surface area contributed by atoms with Crippen LogP contribution in [0.4, 0.5) is 14.5 Å². The zero-order chi connectivity index (χ0) is 13.3. The number of hydrogen-bond acceptors (Lipinski definition) is 3. The number of carbonyl (C=O) groups is 1. The highest BCUT2D eigenvalue weighted by Gasteiger charge is 2.56. The van der Waals surface area contributed by atoms with Crippen LogP contribution in [0.25, 0.3) is 0 Å². The second-order valence-corrected chi connectivity index (χ2v) is 4.75. The molecule has 0 amide bonds. The number of nitrogen functional groups attached to an aromatic ring is 1. The highest BCUT2D eigenvalue weighted by Crippen LogP contribution is 2.48. The molecule has 1 aliphatic carbocycles. The van der Waals surface area contributed by atoms with Gasteiger partial charge in [0.1, 0.15) is 6.61 Å². The minimum atomic E-state index is -2.63. The van der Waals surface area contributed by atoms with E-state index in [0.29, 0.717) is 5.69 Å². The lowest BCUT2D eigenvalue weighted by atomic mass is 10.1. The quantitative estimate of drug-likeness (QED) is 0.664. The first-order valence-electron chi connectivity index (χ1n) is 5.44. The third-order valence-electron chi connectivity index (χ3n) is 2.80. The van der Waals surface area contributed by atoms with Gasteiger partial charge in [-0.15, -0.1) is 0 Å². The van der Waals surface area contributed by atoms with E-state index >= 15 is 0 Å². The maximum atomic E-state index is 12.6. The molecule has 18 heavy (non-hydrogen) atoms. The molecule has 1 fully saturated rings. The third kappa shape index (κ3) is 2.97. The largest absolute Gasteiger partial charge is 0.399 e. The van der Waals surface area contributed by atoms with Gasteiger partial charge in [-0.2, -0.15) is 0 Å². The Labute approximate surface area is 108 Å². The van der Waals surface area contributed by atoms with Gasteiger partial charge in [-0.1, -0.05) is 11.6 Å². The van der Waals surface area contributed by atoms with Crippen LogP contribution in [0.2, 0.25) is 5.02 Å². The molecule has 1 atom stereocenters. The summed E-state index contributed by atoms with van der Waals surface area (Å²) < 4.78 is 30.1. The third-order valence-corrected chi connectivity index (χ3v) is 3.13. The van der Waals surface area contributed by atoms with Crippen LogP contribution in [0.3, 0.4) is 0 Å². The number of benzene rings is 1. The summed E-state index contributed by atoms with van der Waals surface area (Å²) >= 11 is 5.84. The van der Waals surface area contributed by atoms with Crippen molar-refractivity contribution in [1.82, 2.24) is 0 Å². The molecular weight excluding hydrogens is 264 g/mol. The number of carbonyl (C=O) groups excluding carboxylic acids is 1. The lowest BCUT2D eigenvalue weighted by Crippen LogP contribution is -2.13. The molecule has 1 aliphatic rings. The lowest BCUT2D eigenvalue weighted by molar-refractivity contribution is 0.0493. The van der Waals surface area contributed by atoms with Crippen LogP contribution in [-0.4, -0.2) is 24.9 Å². The fourth-order valence-electron chi connectivity index (χ4n) is 1.58. The van der Waals surface area contributed by atoms with Gasteiger partial charge >= 0.3 is 0 Å². The van der Waals surface area contributed by atoms with Crippen LogP contribution in [0.5, 0.6) is 0 Å². The van der Waals surface area contributed by atoms with Gasteiger partial charge in [0.15, 0.2) is 5.78 Å². The molecule has 0 radical (unpaired) electrons. The normalized spacial score (nSPS) is 20.7. The maximum Gasteiger partial charge on any atom is 0.253 e. The molecule has 2 rings (SSSR count). The van der Waals surface area contributed by atoms with Gasteiger partial charge in [-0.3, -0.25) is 4.79 Å². The highest BCUT2D eigenvalue weighted by molar-refractivity contribution is 6.34. The van der Waals surface area contributed by atoms with Gasteiger partial charge in [0.05, 0.1) is 17.5 Å². The Morgan fingerprint density at radius 2 is 2.22 bits per heavy atom. The molecule has 3 nitrogen and oxygen atoms in total. The van der Waals surface area contributed by atoms with Gasteiger partial charge in [-0.05, 0) is 18.2 Å². The molecule has 1 saturated carbocycles. The predicted octanol–water partition coefficient (Wildman–Crippen LogP) is 2.78. The zero-order valence-electron chi connectivity index (χ0n) is 9.46. The first-order chi connectivity index (χ1) is 8.40. The van der Waals surface area contributed by atoms with Crippen molar-refractivity contribution in [2.45, 2.75) is 12.3 Å². The smallest absolute Gasteiger partial charge is 0.253 e. The summed E-state index contributed by atoms with van der Waals surface area (Å²) in [6.45, 7) is -0.381. The second kappa shape index (κ2) is 4.82. The number of ketones is 1. The van der Waals surface area contributed by atoms with Crippen LogP contribution < -0.4 is 5.73 Å². The molecule has 0 spiro atoms. The summed E-state index contributed by atoms with van der Waals surface area (Å²) in [6.07, 6.45) is -0.166. The number of ether oxygens (including phenoxy) is 1. The van der Waals surface area contributed by atoms with Gasteiger partial charge in [-0.25, -0.2) is 8.78 Å². The van der Waals surface area contributed by atoms with E-state index in [9.17, 15) is 13.6 Å². The summed E-state index contributed by atoms with van der Waals surface area (Å²) in [4.78, 5) is 11.7. The van der Waals surface area contributed by atoms with Crippen molar-refractivity contribution in [2.24, 2.45) is 5.92 Å². The average molecular weight is 276 g/mol. The van der Waals surface area contributed by atoms with Crippen LogP contribution in [0.1, 0.15) is 16.8 Å². The van der Waals surface area contributed by atoms with Gasteiger partial charge < -0.3 is 10.5 Å². The molecule has 1 aromatic carbocycles. The van der Waals surface area contributed by atoms with Crippen LogP contribution in [0, 0.1) is 5.92 Å². The van der Waals surface area contributed by atoms with Crippen molar-refractivity contribution in [3.8, 4) is 0 Å². The van der Waals surface area contributed by atoms with Gasteiger partial charge in [0.25, 0.3) is 5.92 Å². The Bertz CT molecular complexity index is 479. The van der Waals surface area contributed by atoms with E-state index in [-0.39, 0.29) is 36.0 Å². The molecule has 98 valence electrons. The summed E-state index contributed by atoms with van der Waals surface area (Å²) in [6, 6.07) is 4.53. The zero-order valence-corrected chi connectivity index (χ0v) is 10.2. The molecule has 1 unspecified atom stereocenters. The van der Waals surface area contributed by atoms with Crippen molar-refractivity contribution < 1.29 is 18.3 Å².